The van der Waals surface area contributed by atoms with E-state index in [9.17, 15) is 14.9 Å². The van der Waals surface area contributed by atoms with Gasteiger partial charge in [-0.15, -0.1) is 6.58 Å². The van der Waals surface area contributed by atoms with Crippen LogP contribution in [0, 0.1) is 10.1 Å². The number of carbonyl (C=O) groups is 1. The number of methoxy groups -OCH3 is 1. The van der Waals surface area contributed by atoms with Crippen LogP contribution in [0.5, 0.6) is 0 Å². The molecule has 0 aromatic heterocycles. The van der Waals surface area contributed by atoms with E-state index in [0.717, 1.165) is 0 Å². The Labute approximate surface area is 144 Å². The van der Waals surface area contributed by atoms with Gasteiger partial charge in [0.05, 0.1) is 23.6 Å². The molecule has 126 valence electrons. The number of benzene rings is 1. The fourth-order valence-corrected chi connectivity index (χ4v) is 2.90. The third-order valence-corrected chi connectivity index (χ3v) is 4.07. The largest absolute Gasteiger partial charge is 0.466 e. The molecule has 24 heavy (non-hydrogen) atoms. The van der Waals surface area contributed by atoms with Gasteiger partial charge in [0.1, 0.15) is 0 Å². The smallest absolute Gasteiger partial charge is 0.337 e. The molecule has 0 aliphatic carbocycles. The van der Waals surface area contributed by atoms with Crippen LogP contribution in [0.1, 0.15) is 18.5 Å². The molecule has 1 N–H and O–H groups in total. The van der Waals surface area contributed by atoms with Crippen molar-refractivity contribution in [2.45, 2.75) is 13.0 Å². The molecule has 1 heterocycles. The quantitative estimate of drug-likeness (QED) is 0.288. The number of nitro groups is 1. The number of esters is 1. The highest BCUT2D eigenvalue weighted by Gasteiger charge is 2.34. The monoisotopic (exact) mass is 347 g/mol. The van der Waals surface area contributed by atoms with E-state index in [0.29, 0.717) is 28.5 Å². The summed E-state index contributed by atoms with van der Waals surface area (Å²) in [6, 6.07) is 5.46. The first-order valence-electron chi connectivity index (χ1n) is 7.13. The molecule has 0 radical (unpaired) electrons. The number of rotatable bonds is 5. The van der Waals surface area contributed by atoms with Crippen molar-refractivity contribution >= 4 is 29.0 Å². The number of allylic oxidation sites excluding steroid dienone is 1. The van der Waals surface area contributed by atoms with Crippen LogP contribution in [-0.4, -0.2) is 34.6 Å². The fourth-order valence-electron chi connectivity index (χ4n) is 2.57. The summed E-state index contributed by atoms with van der Waals surface area (Å²) in [5.74, 6) is -0.520. The zero-order chi connectivity index (χ0) is 17.9. The summed E-state index contributed by atoms with van der Waals surface area (Å²) < 4.78 is 4.88. The van der Waals surface area contributed by atoms with Gasteiger partial charge in [0, 0.05) is 24.4 Å². The molecule has 1 aromatic carbocycles. The van der Waals surface area contributed by atoms with E-state index in [4.69, 9.17) is 17.0 Å². The lowest BCUT2D eigenvalue weighted by Crippen LogP contribution is -2.47. The number of hydrogen-bond acceptors (Lipinski definition) is 5. The van der Waals surface area contributed by atoms with Gasteiger partial charge in [-0.05, 0) is 24.7 Å². The van der Waals surface area contributed by atoms with Crippen LogP contribution < -0.4 is 5.32 Å². The zero-order valence-corrected chi connectivity index (χ0v) is 14.1. The van der Waals surface area contributed by atoms with Crippen molar-refractivity contribution < 1.29 is 14.5 Å². The maximum absolute atomic E-state index is 12.3. The number of thiocarbonyl (C=S) groups is 1. The van der Waals surface area contributed by atoms with E-state index in [1.807, 2.05) is 0 Å². The van der Waals surface area contributed by atoms with E-state index >= 15 is 0 Å². The first-order valence-corrected chi connectivity index (χ1v) is 7.53. The van der Waals surface area contributed by atoms with E-state index in [1.54, 1.807) is 30.0 Å². The lowest BCUT2D eigenvalue weighted by Gasteiger charge is -2.36. The van der Waals surface area contributed by atoms with E-state index < -0.39 is 16.9 Å². The summed E-state index contributed by atoms with van der Waals surface area (Å²) in [6.07, 6.45) is 1.67. The Balaban J connectivity index is 2.57. The Morgan fingerprint density at radius 2 is 2.29 bits per heavy atom. The minimum atomic E-state index is -0.620. The summed E-state index contributed by atoms with van der Waals surface area (Å²) in [6.45, 7) is 5.87. The van der Waals surface area contributed by atoms with Crippen molar-refractivity contribution in [3.05, 3.63) is 63.9 Å². The van der Waals surface area contributed by atoms with Crippen LogP contribution in [0.3, 0.4) is 0 Å². The van der Waals surface area contributed by atoms with Crippen molar-refractivity contribution in [2.75, 3.05) is 13.7 Å². The van der Waals surface area contributed by atoms with Gasteiger partial charge in [0.2, 0.25) is 0 Å². The van der Waals surface area contributed by atoms with Crippen LogP contribution >= 0.6 is 12.2 Å². The maximum atomic E-state index is 12.3. The molecule has 8 heteroatoms. The molecule has 1 aliphatic heterocycles. The average molecular weight is 347 g/mol. The lowest BCUT2D eigenvalue weighted by atomic mass is 9.94. The molecule has 0 saturated carbocycles. The third-order valence-electron chi connectivity index (χ3n) is 3.73. The summed E-state index contributed by atoms with van der Waals surface area (Å²) >= 11 is 5.35. The van der Waals surface area contributed by atoms with Gasteiger partial charge >= 0.3 is 5.97 Å². The number of ether oxygens (including phenoxy) is 1. The Bertz CT molecular complexity index is 745. The molecule has 2 rings (SSSR count). The Morgan fingerprint density at radius 3 is 2.88 bits per heavy atom. The maximum Gasteiger partial charge on any atom is 0.337 e. The van der Waals surface area contributed by atoms with Gasteiger partial charge in [0.15, 0.2) is 5.11 Å². The number of nitrogens with one attached hydrogen (secondary N) is 1. The highest BCUT2D eigenvalue weighted by Crippen LogP contribution is 2.32. The molecule has 7 nitrogen and oxygen atoms in total. The summed E-state index contributed by atoms with van der Waals surface area (Å²) in [4.78, 5) is 24.5. The van der Waals surface area contributed by atoms with E-state index in [1.165, 1.54) is 19.2 Å². The molecular formula is C16H17N3O4S. The van der Waals surface area contributed by atoms with E-state index in [2.05, 4.69) is 11.9 Å². The van der Waals surface area contributed by atoms with Crippen molar-refractivity contribution in [2.24, 2.45) is 0 Å². The van der Waals surface area contributed by atoms with Gasteiger partial charge < -0.3 is 15.0 Å². The first-order chi connectivity index (χ1) is 11.4. The fraction of sp³-hybridized carbons (Fsp3) is 0.250. The third kappa shape index (κ3) is 3.28. The Kier molecular flexibility index (Phi) is 5.30. The molecule has 0 spiro atoms. The number of hydrogen-bond donors (Lipinski definition) is 1. The summed E-state index contributed by atoms with van der Waals surface area (Å²) in [5.41, 5.74) is 1.48. The minimum Gasteiger partial charge on any atom is -0.466 e. The van der Waals surface area contributed by atoms with Gasteiger partial charge in [0.25, 0.3) is 5.69 Å². The molecule has 0 bridgehead atoms. The van der Waals surface area contributed by atoms with Crippen LogP contribution in [0.15, 0.2) is 48.2 Å². The number of nitrogens with zero attached hydrogens (tertiary/aromatic N) is 2. The molecule has 0 saturated heterocycles. The number of nitro benzene ring substituents is 1. The molecular weight excluding hydrogens is 330 g/mol. The number of carbonyl (C=O) groups excluding carboxylic acids is 1. The van der Waals surface area contributed by atoms with Crippen molar-refractivity contribution in [1.29, 1.82) is 0 Å². The van der Waals surface area contributed by atoms with Gasteiger partial charge in [-0.3, -0.25) is 10.1 Å². The highest BCUT2D eigenvalue weighted by molar-refractivity contribution is 7.80. The molecule has 1 atom stereocenters. The predicted octanol–water partition coefficient (Wildman–Crippen LogP) is 2.46. The highest BCUT2D eigenvalue weighted by atomic mass is 32.1. The first kappa shape index (κ1) is 17.6. The topological polar surface area (TPSA) is 84.7 Å². The molecule has 1 aliphatic rings. The molecule has 0 amide bonds. The Morgan fingerprint density at radius 1 is 1.58 bits per heavy atom. The van der Waals surface area contributed by atoms with Crippen molar-refractivity contribution in [3.8, 4) is 0 Å². The molecule has 0 unspecified atom stereocenters. The average Bonchev–Trinajstić information content (AvgIpc) is 2.57. The molecule has 1 aromatic rings. The predicted molar refractivity (Wildman–Crippen MR) is 93.2 cm³/mol. The van der Waals surface area contributed by atoms with Crippen LogP contribution in [0.4, 0.5) is 5.69 Å². The minimum absolute atomic E-state index is 0.0596. The van der Waals surface area contributed by atoms with Gasteiger partial charge in [-0.2, -0.15) is 0 Å². The van der Waals surface area contributed by atoms with Crippen molar-refractivity contribution in [1.82, 2.24) is 10.2 Å². The summed E-state index contributed by atoms with van der Waals surface area (Å²) in [5, 5.41) is 14.5. The van der Waals surface area contributed by atoms with Crippen LogP contribution in [0.2, 0.25) is 0 Å². The Hall–Kier alpha value is -2.74. The lowest BCUT2D eigenvalue weighted by molar-refractivity contribution is -0.384. The molecule has 0 fully saturated rings. The summed E-state index contributed by atoms with van der Waals surface area (Å²) in [7, 11) is 1.29. The van der Waals surface area contributed by atoms with Gasteiger partial charge in [-0.1, -0.05) is 18.2 Å². The standard InChI is InChI=1S/C16H17N3O4S/c1-4-8-18-10(2)13(15(20)23-3)14(17-16(18)24)11-6-5-7-12(9-11)19(21)22/h4-7,9,14H,1,8H2,2-3H3,(H,17,24)/t14-/m1/s1. The van der Waals surface area contributed by atoms with Crippen molar-refractivity contribution in [3.63, 3.8) is 0 Å². The van der Waals surface area contributed by atoms with Crippen LogP contribution in [0.25, 0.3) is 0 Å². The second-order valence-electron chi connectivity index (χ2n) is 5.12. The van der Waals surface area contributed by atoms with Gasteiger partial charge in [-0.25, -0.2) is 4.79 Å². The van der Waals surface area contributed by atoms with E-state index in [-0.39, 0.29) is 5.69 Å². The number of non-ortho nitro benzene ring substituents is 1. The van der Waals surface area contributed by atoms with Crippen LogP contribution in [-0.2, 0) is 9.53 Å². The second-order valence-corrected chi connectivity index (χ2v) is 5.51. The zero-order valence-electron chi connectivity index (χ0n) is 13.3. The SMILES string of the molecule is C=CCN1C(=S)N[C@H](c2cccc([N+](=O)[O-])c2)C(C(=O)OC)=C1C. The normalized spacial score (nSPS) is 17.3. The second kappa shape index (κ2) is 7.22.